The minimum atomic E-state index is -3.59. The molecule has 9 heteroatoms. The van der Waals surface area contributed by atoms with Crippen molar-refractivity contribution in [3.63, 3.8) is 0 Å². The van der Waals surface area contributed by atoms with Crippen LogP contribution in [0.25, 0.3) is 11.0 Å². The number of rotatable bonds is 2. The van der Waals surface area contributed by atoms with Crippen LogP contribution in [0.1, 0.15) is 5.82 Å². The minimum absolute atomic E-state index is 0.222. The summed E-state index contributed by atoms with van der Waals surface area (Å²) in [7, 11) is -2.28. The van der Waals surface area contributed by atoms with E-state index in [0.717, 1.165) is 11.3 Å². The molecule has 23 heavy (non-hydrogen) atoms. The molecule has 1 N–H and O–H groups in total. The quantitative estimate of drug-likeness (QED) is 0.879. The third-order valence-corrected chi connectivity index (χ3v) is 5.78. The number of aromatic amines is 1. The molecule has 1 fully saturated rings. The molecule has 0 atom stereocenters. The van der Waals surface area contributed by atoms with Gasteiger partial charge in [-0.05, 0) is 25.1 Å². The number of nitrogens with zero attached hydrogens (tertiary/aromatic N) is 3. The van der Waals surface area contributed by atoms with Crippen molar-refractivity contribution in [3.8, 4) is 0 Å². The van der Waals surface area contributed by atoms with E-state index in [9.17, 15) is 13.2 Å². The van der Waals surface area contributed by atoms with Crippen molar-refractivity contribution >= 4 is 27.1 Å². The molecule has 0 aliphatic carbocycles. The lowest BCUT2D eigenvalue weighted by Crippen LogP contribution is -2.50. The molecular formula is C14H18N4O4S. The Kier molecular flexibility index (Phi) is 3.99. The highest BCUT2D eigenvalue weighted by Crippen LogP contribution is 2.21. The molecule has 0 spiro atoms. The van der Waals surface area contributed by atoms with Crippen LogP contribution in [0, 0.1) is 6.92 Å². The number of imidazole rings is 1. The van der Waals surface area contributed by atoms with Gasteiger partial charge in [0.2, 0.25) is 10.0 Å². The Balaban J connectivity index is 1.82. The maximum Gasteiger partial charge on any atom is 0.409 e. The van der Waals surface area contributed by atoms with Crippen LogP contribution in [0.15, 0.2) is 23.1 Å². The third-order valence-electron chi connectivity index (χ3n) is 3.88. The van der Waals surface area contributed by atoms with E-state index in [0.29, 0.717) is 18.6 Å². The van der Waals surface area contributed by atoms with Crippen molar-refractivity contribution in [1.82, 2.24) is 19.2 Å². The zero-order valence-corrected chi connectivity index (χ0v) is 13.8. The van der Waals surface area contributed by atoms with Crippen molar-refractivity contribution in [2.75, 3.05) is 33.3 Å². The second-order valence-corrected chi connectivity index (χ2v) is 7.30. The number of aryl methyl sites for hydroxylation is 1. The van der Waals surface area contributed by atoms with Crippen molar-refractivity contribution in [1.29, 1.82) is 0 Å². The molecule has 0 saturated carbocycles. The minimum Gasteiger partial charge on any atom is -0.453 e. The second-order valence-electron chi connectivity index (χ2n) is 5.36. The van der Waals surface area contributed by atoms with Gasteiger partial charge in [-0.15, -0.1) is 0 Å². The summed E-state index contributed by atoms with van der Waals surface area (Å²) in [6, 6.07) is 4.85. The van der Waals surface area contributed by atoms with Gasteiger partial charge >= 0.3 is 6.09 Å². The predicted molar refractivity (Wildman–Crippen MR) is 83.6 cm³/mol. The summed E-state index contributed by atoms with van der Waals surface area (Å²) >= 11 is 0. The number of hydrogen-bond donors (Lipinski definition) is 1. The number of hydrogen-bond acceptors (Lipinski definition) is 5. The highest BCUT2D eigenvalue weighted by atomic mass is 32.2. The van der Waals surface area contributed by atoms with Gasteiger partial charge in [0.1, 0.15) is 5.82 Å². The Hall–Kier alpha value is -2.13. The molecule has 0 unspecified atom stereocenters. The molecule has 2 aromatic rings. The Morgan fingerprint density at radius 3 is 2.61 bits per heavy atom. The zero-order chi connectivity index (χ0) is 16.6. The molecule has 0 radical (unpaired) electrons. The molecule has 124 valence electrons. The molecule has 0 bridgehead atoms. The van der Waals surface area contributed by atoms with E-state index in [1.807, 2.05) is 6.92 Å². The Morgan fingerprint density at radius 1 is 1.26 bits per heavy atom. The maximum atomic E-state index is 12.7. The molecule has 1 aliphatic rings. The van der Waals surface area contributed by atoms with Gasteiger partial charge in [-0.25, -0.2) is 18.2 Å². The first-order chi connectivity index (χ1) is 10.9. The van der Waals surface area contributed by atoms with Crippen LogP contribution < -0.4 is 0 Å². The summed E-state index contributed by atoms with van der Waals surface area (Å²) in [4.78, 5) is 20.5. The standard InChI is InChI=1S/C14H18N4O4S/c1-10-15-12-4-3-11(9-13(12)16-10)23(20,21)18-7-5-17(6-8-18)14(19)22-2/h3-4,9H,5-8H2,1-2H3,(H,15,16). The van der Waals surface area contributed by atoms with Crippen molar-refractivity contribution in [3.05, 3.63) is 24.0 Å². The molecule has 1 aliphatic heterocycles. The second kappa shape index (κ2) is 5.82. The van der Waals surface area contributed by atoms with Gasteiger partial charge in [0, 0.05) is 26.2 Å². The van der Waals surface area contributed by atoms with Crippen LogP contribution in [-0.4, -0.2) is 67.0 Å². The topological polar surface area (TPSA) is 95.6 Å². The van der Waals surface area contributed by atoms with E-state index < -0.39 is 16.1 Å². The molecule has 1 aromatic carbocycles. The SMILES string of the molecule is COC(=O)N1CCN(S(=O)(=O)c2ccc3nc(C)[nH]c3c2)CC1. The summed E-state index contributed by atoms with van der Waals surface area (Å²) in [5, 5.41) is 0. The Bertz CT molecular complexity index is 838. The molecule has 1 amide bonds. The smallest absolute Gasteiger partial charge is 0.409 e. The molecule has 2 heterocycles. The van der Waals surface area contributed by atoms with Crippen molar-refractivity contribution < 1.29 is 17.9 Å². The van der Waals surface area contributed by atoms with Gasteiger partial charge in [0.15, 0.2) is 0 Å². The van der Waals surface area contributed by atoms with E-state index in [1.165, 1.54) is 16.3 Å². The van der Waals surface area contributed by atoms with Gasteiger partial charge in [-0.1, -0.05) is 0 Å². The van der Waals surface area contributed by atoms with Crippen LogP contribution in [0.5, 0.6) is 0 Å². The van der Waals surface area contributed by atoms with Gasteiger partial charge in [0.25, 0.3) is 0 Å². The lowest BCUT2D eigenvalue weighted by Gasteiger charge is -2.33. The first-order valence-corrected chi connectivity index (χ1v) is 8.65. The number of methoxy groups -OCH3 is 1. The fourth-order valence-corrected chi connectivity index (χ4v) is 4.11. The number of amides is 1. The highest BCUT2D eigenvalue weighted by molar-refractivity contribution is 7.89. The lowest BCUT2D eigenvalue weighted by molar-refractivity contribution is 0.108. The number of carbonyl (C=O) groups excluding carboxylic acids is 1. The van der Waals surface area contributed by atoms with E-state index in [1.54, 1.807) is 18.2 Å². The Labute approximate surface area is 134 Å². The van der Waals surface area contributed by atoms with E-state index in [2.05, 4.69) is 14.7 Å². The van der Waals surface area contributed by atoms with Gasteiger partial charge in [-0.2, -0.15) is 4.31 Å². The number of piperazine rings is 1. The number of sulfonamides is 1. The number of fused-ring (bicyclic) bond motifs is 1. The number of H-pyrrole nitrogens is 1. The number of aromatic nitrogens is 2. The maximum absolute atomic E-state index is 12.7. The summed E-state index contributed by atoms with van der Waals surface area (Å²) in [6.45, 7) is 2.95. The van der Waals surface area contributed by atoms with Crippen LogP contribution in [0.4, 0.5) is 4.79 Å². The van der Waals surface area contributed by atoms with Crippen LogP contribution in [0.3, 0.4) is 0 Å². The van der Waals surface area contributed by atoms with E-state index in [-0.39, 0.29) is 18.0 Å². The first-order valence-electron chi connectivity index (χ1n) is 7.21. The van der Waals surface area contributed by atoms with Gasteiger partial charge in [-0.3, -0.25) is 0 Å². The summed E-state index contributed by atoms with van der Waals surface area (Å²) in [5.74, 6) is 0.737. The van der Waals surface area contributed by atoms with Crippen molar-refractivity contribution in [2.24, 2.45) is 0 Å². The predicted octanol–water partition coefficient (Wildman–Crippen LogP) is 0.944. The normalized spacial score (nSPS) is 16.7. The zero-order valence-electron chi connectivity index (χ0n) is 12.9. The van der Waals surface area contributed by atoms with Crippen LogP contribution >= 0.6 is 0 Å². The van der Waals surface area contributed by atoms with Crippen molar-refractivity contribution in [2.45, 2.75) is 11.8 Å². The Morgan fingerprint density at radius 2 is 1.96 bits per heavy atom. The van der Waals surface area contributed by atoms with Crippen LogP contribution in [-0.2, 0) is 14.8 Å². The molecular weight excluding hydrogens is 320 g/mol. The molecule has 1 saturated heterocycles. The largest absolute Gasteiger partial charge is 0.453 e. The van der Waals surface area contributed by atoms with E-state index in [4.69, 9.17) is 0 Å². The van der Waals surface area contributed by atoms with Crippen LogP contribution in [0.2, 0.25) is 0 Å². The number of carbonyl (C=O) groups is 1. The lowest BCUT2D eigenvalue weighted by atomic mass is 10.3. The fourth-order valence-electron chi connectivity index (χ4n) is 2.67. The summed E-state index contributed by atoms with van der Waals surface area (Å²) in [5.41, 5.74) is 1.42. The number of ether oxygens (including phenoxy) is 1. The highest BCUT2D eigenvalue weighted by Gasteiger charge is 2.30. The number of nitrogens with one attached hydrogen (secondary N) is 1. The van der Waals surface area contributed by atoms with Gasteiger partial charge < -0.3 is 14.6 Å². The summed E-state index contributed by atoms with van der Waals surface area (Å²) in [6.07, 6.45) is -0.434. The molecule has 3 rings (SSSR count). The number of benzene rings is 1. The fraction of sp³-hybridized carbons (Fsp3) is 0.429. The average molecular weight is 338 g/mol. The first kappa shape index (κ1) is 15.8. The average Bonchev–Trinajstić information content (AvgIpc) is 2.93. The summed E-state index contributed by atoms with van der Waals surface area (Å²) < 4.78 is 31.5. The van der Waals surface area contributed by atoms with E-state index >= 15 is 0 Å². The molecule has 8 nitrogen and oxygen atoms in total. The third kappa shape index (κ3) is 2.89. The molecule has 1 aromatic heterocycles. The van der Waals surface area contributed by atoms with Gasteiger partial charge in [0.05, 0.1) is 23.0 Å². The monoisotopic (exact) mass is 338 g/mol.